The van der Waals surface area contributed by atoms with Crippen molar-refractivity contribution in [1.29, 1.82) is 0 Å². The van der Waals surface area contributed by atoms with Gasteiger partial charge in [0, 0.05) is 24.0 Å². The van der Waals surface area contributed by atoms with Gasteiger partial charge in [-0.15, -0.1) is 0 Å². The zero-order valence-electron chi connectivity index (χ0n) is 10.6. The van der Waals surface area contributed by atoms with E-state index in [0.717, 1.165) is 11.6 Å². The van der Waals surface area contributed by atoms with Crippen molar-refractivity contribution in [2.24, 2.45) is 5.84 Å². The second kappa shape index (κ2) is 6.49. The first-order valence-corrected chi connectivity index (χ1v) is 6.12. The Kier molecular flexibility index (Phi) is 4.70. The molecule has 0 fully saturated rings. The number of benzene rings is 1. The number of aromatic nitrogens is 1. The molecule has 0 bridgehead atoms. The van der Waals surface area contributed by atoms with E-state index in [4.69, 9.17) is 5.84 Å². The number of nitrogens with two attached hydrogens (primary N) is 1. The third kappa shape index (κ3) is 3.15. The van der Waals surface area contributed by atoms with Crippen LogP contribution >= 0.6 is 0 Å². The van der Waals surface area contributed by atoms with Crippen molar-refractivity contribution in [2.45, 2.75) is 18.9 Å². The first-order valence-electron chi connectivity index (χ1n) is 6.12. The van der Waals surface area contributed by atoms with Crippen LogP contribution < -0.4 is 11.3 Å². The van der Waals surface area contributed by atoms with Crippen LogP contribution in [-0.2, 0) is 6.42 Å². The Morgan fingerprint density at radius 2 is 1.75 bits per heavy atom. The van der Waals surface area contributed by atoms with Crippen molar-refractivity contribution in [2.75, 3.05) is 0 Å². The fraction of sp³-hybridized carbons (Fsp3) is 0.214. The van der Waals surface area contributed by atoms with Gasteiger partial charge < -0.3 is 0 Å². The maximum atomic E-state index is 13.7. The van der Waals surface area contributed by atoms with Crippen LogP contribution in [0.25, 0.3) is 0 Å². The van der Waals surface area contributed by atoms with Crippen LogP contribution in [-0.4, -0.2) is 4.98 Å². The van der Waals surface area contributed by atoms with Crippen LogP contribution in [0.3, 0.4) is 0 Å². The van der Waals surface area contributed by atoms with Crippen molar-refractivity contribution >= 4 is 0 Å². The van der Waals surface area contributed by atoms with E-state index >= 15 is 0 Å². The molecule has 0 aliphatic heterocycles. The normalized spacial score (nSPS) is 12.4. The molecule has 0 aliphatic carbocycles. The predicted octanol–water partition coefficient (Wildman–Crippen LogP) is 2.64. The lowest BCUT2D eigenvalue weighted by Crippen LogP contribution is -2.29. The summed E-state index contributed by atoms with van der Waals surface area (Å²) in [6.07, 6.45) is 4.36. The van der Waals surface area contributed by atoms with Crippen LogP contribution in [0, 0.1) is 17.5 Å². The molecule has 0 spiro atoms. The highest BCUT2D eigenvalue weighted by molar-refractivity contribution is 5.24. The van der Waals surface area contributed by atoms with Gasteiger partial charge in [-0.3, -0.25) is 16.3 Å². The van der Waals surface area contributed by atoms with E-state index in [9.17, 15) is 13.2 Å². The van der Waals surface area contributed by atoms with E-state index < -0.39 is 23.5 Å². The molecule has 0 saturated carbocycles. The summed E-state index contributed by atoms with van der Waals surface area (Å²) in [6.45, 7) is 0. The lowest BCUT2D eigenvalue weighted by Gasteiger charge is -2.17. The lowest BCUT2D eigenvalue weighted by atomic mass is 9.99. The van der Waals surface area contributed by atoms with Crippen molar-refractivity contribution in [1.82, 2.24) is 10.4 Å². The Balaban J connectivity index is 2.15. The highest BCUT2D eigenvalue weighted by Gasteiger charge is 2.19. The third-order valence-corrected chi connectivity index (χ3v) is 3.11. The molecule has 20 heavy (non-hydrogen) atoms. The van der Waals surface area contributed by atoms with E-state index in [0.29, 0.717) is 12.8 Å². The van der Waals surface area contributed by atoms with Crippen LogP contribution in [0.2, 0.25) is 0 Å². The molecule has 1 aromatic heterocycles. The first kappa shape index (κ1) is 14.5. The fourth-order valence-electron chi connectivity index (χ4n) is 2.00. The molecule has 106 valence electrons. The highest BCUT2D eigenvalue weighted by Crippen LogP contribution is 2.24. The van der Waals surface area contributed by atoms with Gasteiger partial charge in [0.15, 0.2) is 17.5 Å². The third-order valence-electron chi connectivity index (χ3n) is 3.11. The molecule has 0 amide bonds. The largest absolute Gasteiger partial charge is 0.271 e. The summed E-state index contributed by atoms with van der Waals surface area (Å²) in [5, 5.41) is 0. The summed E-state index contributed by atoms with van der Waals surface area (Å²) in [5.41, 5.74) is 3.45. The molecule has 2 aromatic rings. The van der Waals surface area contributed by atoms with Gasteiger partial charge in [0.1, 0.15) is 0 Å². The quantitative estimate of drug-likeness (QED) is 0.503. The molecule has 2 rings (SSSR count). The van der Waals surface area contributed by atoms with Crippen LogP contribution in [0.15, 0.2) is 36.7 Å². The standard InChI is InChI=1S/C14H14F3N3/c15-11-3-2-10(13(16)14(11)17)12(20-18)4-1-9-5-7-19-8-6-9/h2-3,5-8,12,20H,1,4,18H2. The number of hydrogen-bond acceptors (Lipinski definition) is 3. The SMILES string of the molecule is NNC(CCc1ccncc1)c1ccc(F)c(F)c1F. The number of nitrogens with zero attached hydrogens (tertiary/aromatic N) is 1. The van der Waals surface area contributed by atoms with E-state index in [1.807, 2.05) is 12.1 Å². The molecule has 0 aliphatic rings. The summed E-state index contributed by atoms with van der Waals surface area (Å²) >= 11 is 0. The monoisotopic (exact) mass is 281 g/mol. The lowest BCUT2D eigenvalue weighted by molar-refractivity contribution is 0.419. The van der Waals surface area contributed by atoms with Gasteiger partial charge >= 0.3 is 0 Å². The van der Waals surface area contributed by atoms with E-state index in [1.165, 1.54) is 6.07 Å². The second-order valence-electron chi connectivity index (χ2n) is 4.38. The molecule has 6 heteroatoms. The summed E-state index contributed by atoms with van der Waals surface area (Å²) in [5.74, 6) is 1.48. The minimum atomic E-state index is -1.48. The van der Waals surface area contributed by atoms with E-state index in [-0.39, 0.29) is 5.56 Å². The minimum absolute atomic E-state index is 0.0143. The maximum absolute atomic E-state index is 13.7. The van der Waals surface area contributed by atoms with Crippen LogP contribution in [0.4, 0.5) is 13.2 Å². The van der Waals surface area contributed by atoms with Gasteiger partial charge in [-0.2, -0.15) is 0 Å². The van der Waals surface area contributed by atoms with Crippen molar-refractivity contribution < 1.29 is 13.2 Å². The molecular formula is C14H14F3N3. The smallest absolute Gasteiger partial charge is 0.194 e. The molecule has 1 unspecified atom stereocenters. The fourth-order valence-corrected chi connectivity index (χ4v) is 2.00. The molecular weight excluding hydrogens is 267 g/mol. The Labute approximate surface area is 114 Å². The van der Waals surface area contributed by atoms with Gasteiger partial charge in [0.05, 0.1) is 0 Å². The average molecular weight is 281 g/mol. The first-order chi connectivity index (χ1) is 9.63. The number of pyridine rings is 1. The summed E-state index contributed by atoms with van der Waals surface area (Å²) in [4.78, 5) is 3.89. The summed E-state index contributed by atoms with van der Waals surface area (Å²) < 4.78 is 39.8. The van der Waals surface area contributed by atoms with Gasteiger partial charge in [0.2, 0.25) is 0 Å². The maximum Gasteiger partial charge on any atom is 0.194 e. The van der Waals surface area contributed by atoms with E-state index in [2.05, 4.69) is 10.4 Å². The second-order valence-corrected chi connectivity index (χ2v) is 4.38. The molecule has 1 atom stereocenters. The Morgan fingerprint density at radius 1 is 1.05 bits per heavy atom. The zero-order chi connectivity index (χ0) is 14.5. The van der Waals surface area contributed by atoms with E-state index in [1.54, 1.807) is 12.4 Å². The van der Waals surface area contributed by atoms with Gasteiger partial charge in [-0.1, -0.05) is 6.07 Å². The molecule has 1 heterocycles. The number of hydrazine groups is 1. The molecule has 0 saturated heterocycles. The van der Waals surface area contributed by atoms with Crippen molar-refractivity contribution in [3.63, 3.8) is 0 Å². The molecule has 3 nitrogen and oxygen atoms in total. The van der Waals surface area contributed by atoms with Gasteiger partial charge in [-0.25, -0.2) is 13.2 Å². The Bertz CT molecular complexity index is 575. The predicted molar refractivity (Wildman–Crippen MR) is 68.9 cm³/mol. The van der Waals surface area contributed by atoms with Gasteiger partial charge in [-0.05, 0) is 36.6 Å². The van der Waals surface area contributed by atoms with Gasteiger partial charge in [0.25, 0.3) is 0 Å². The molecule has 1 aromatic carbocycles. The summed E-state index contributed by atoms with van der Waals surface area (Å²) in [7, 11) is 0. The average Bonchev–Trinajstić information content (AvgIpc) is 2.48. The highest BCUT2D eigenvalue weighted by atomic mass is 19.2. The zero-order valence-corrected chi connectivity index (χ0v) is 10.6. The number of halogens is 3. The number of aryl methyl sites for hydroxylation is 1. The topological polar surface area (TPSA) is 50.9 Å². The Hall–Kier alpha value is -1.92. The summed E-state index contributed by atoms with van der Waals surface area (Å²) in [6, 6.07) is 5.15. The van der Waals surface area contributed by atoms with Crippen LogP contribution in [0.1, 0.15) is 23.6 Å². The molecule has 3 N–H and O–H groups in total. The Morgan fingerprint density at radius 3 is 2.40 bits per heavy atom. The van der Waals surface area contributed by atoms with Crippen LogP contribution in [0.5, 0.6) is 0 Å². The molecule has 0 radical (unpaired) electrons. The number of hydrogen-bond donors (Lipinski definition) is 2. The van der Waals surface area contributed by atoms with Crippen molar-refractivity contribution in [3.05, 3.63) is 65.2 Å². The minimum Gasteiger partial charge on any atom is -0.271 e. The van der Waals surface area contributed by atoms with Crippen molar-refractivity contribution in [3.8, 4) is 0 Å². The number of nitrogens with one attached hydrogen (secondary N) is 1. The number of rotatable bonds is 5.